The second-order valence-electron chi connectivity index (χ2n) is 8.56. The summed E-state index contributed by atoms with van der Waals surface area (Å²) in [5.41, 5.74) is 6.60. The summed E-state index contributed by atoms with van der Waals surface area (Å²) < 4.78 is 31.1. The van der Waals surface area contributed by atoms with E-state index in [0.29, 0.717) is 17.9 Å². The van der Waals surface area contributed by atoms with Crippen molar-refractivity contribution in [2.24, 2.45) is 11.7 Å². The highest BCUT2D eigenvalue weighted by Gasteiger charge is 2.32. The van der Waals surface area contributed by atoms with Crippen LogP contribution in [0.1, 0.15) is 19.3 Å². The van der Waals surface area contributed by atoms with Gasteiger partial charge in [0.1, 0.15) is 5.02 Å². The average Bonchev–Trinajstić information content (AvgIpc) is 3.26. The Bertz CT molecular complexity index is 1020. The molecule has 4 N–H and O–H groups in total. The SMILES string of the molecule is CN1CCN(c2ccc(Nc3ncc(Cl)c(N[C@@H]4CCC[C@@H]4C(N)=O)n3)c(OC(F)F)c2)CC1. The topological polar surface area (TPSA) is 109 Å². The molecule has 2 aromatic rings. The molecule has 12 heteroatoms. The third kappa shape index (κ3) is 5.76. The fraction of sp³-hybridized carbons (Fsp3) is 0.500. The number of nitrogens with one attached hydrogen (secondary N) is 2. The largest absolute Gasteiger partial charge is 0.433 e. The molecule has 1 amide bonds. The van der Waals surface area contributed by atoms with E-state index >= 15 is 0 Å². The van der Waals surface area contributed by atoms with Gasteiger partial charge in [0.05, 0.1) is 17.8 Å². The molecular weight excluding hydrogens is 468 g/mol. The molecule has 1 aromatic heterocycles. The van der Waals surface area contributed by atoms with Crippen LogP contribution in [0.4, 0.5) is 31.9 Å². The molecule has 0 spiro atoms. The Balaban J connectivity index is 1.54. The van der Waals surface area contributed by atoms with E-state index in [-0.39, 0.29) is 34.6 Å². The van der Waals surface area contributed by atoms with Crippen LogP contribution in [-0.2, 0) is 4.79 Å². The Hall–Kier alpha value is -2.92. The summed E-state index contributed by atoms with van der Waals surface area (Å²) in [7, 11) is 2.05. The van der Waals surface area contributed by atoms with Crippen molar-refractivity contribution in [2.75, 3.05) is 48.8 Å². The van der Waals surface area contributed by atoms with E-state index in [1.807, 2.05) is 13.1 Å². The smallest absolute Gasteiger partial charge is 0.387 e. The molecule has 2 aliphatic rings. The van der Waals surface area contributed by atoms with E-state index in [0.717, 1.165) is 44.7 Å². The lowest BCUT2D eigenvalue weighted by Gasteiger charge is -2.34. The number of likely N-dealkylation sites (N-methyl/N-ethyl adjacent to an activating group) is 1. The Morgan fingerprint density at radius 3 is 2.74 bits per heavy atom. The van der Waals surface area contributed by atoms with Gasteiger partial charge in [-0.2, -0.15) is 13.8 Å². The van der Waals surface area contributed by atoms with Crippen molar-refractivity contribution in [3.63, 3.8) is 0 Å². The molecule has 0 bridgehead atoms. The van der Waals surface area contributed by atoms with Crippen LogP contribution in [-0.4, -0.2) is 66.7 Å². The molecule has 1 saturated carbocycles. The van der Waals surface area contributed by atoms with E-state index in [1.54, 1.807) is 12.1 Å². The summed E-state index contributed by atoms with van der Waals surface area (Å²) in [4.78, 5) is 24.6. The molecule has 4 rings (SSSR count). The molecule has 34 heavy (non-hydrogen) atoms. The van der Waals surface area contributed by atoms with Gasteiger partial charge in [-0.3, -0.25) is 4.79 Å². The number of rotatable bonds is 8. The first-order chi connectivity index (χ1) is 16.3. The van der Waals surface area contributed by atoms with E-state index in [4.69, 9.17) is 22.1 Å². The number of hydrogen-bond acceptors (Lipinski definition) is 8. The first-order valence-corrected chi connectivity index (χ1v) is 11.6. The maximum absolute atomic E-state index is 13.1. The van der Waals surface area contributed by atoms with E-state index < -0.39 is 6.61 Å². The maximum atomic E-state index is 13.1. The number of ether oxygens (including phenoxy) is 1. The summed E-state index contributed by atoms with van der Waals surface area (Å²) in [6.07, 6.45) is 3.73. The first kappa shape index (κ1) is 24.2. The van der Waals surface area contributed by atoms with Crippen molar-refractivity contribution in [3.05, 3.63) is 29.4 Å². The zero-order valence-corrected chi connectivity index (χ0v) is 19.6. The second-order valence-corrected chi connectivity index (χ2v) is 8.96. The van der Waals surface area contributed by atoms with E-state index in [9.17, 15) is 13.6 Å². The molecule has 0 unspecified atom stereocenters. The highest BCUT2D eigenvalue weighted by Crippen LogP contribution is 2.34. The van der Waals surface area contributed by atoms with Gasteiger partial charge in [0.15, 0.2) is 11.6 Å². The lowest BCUT2D eigenvalue weighted by Crippen LogP contribution is -2.44. The summed E-state index contributed by atoms with van der Waals surface area (Å²) in [5, 5.41) is 6.40. The predicted octanol–water partition coefficient (Wildman–Crippen LogP) is 3.29. The van der Waals surface area contributed by atoms with Crippen molar-refractivity contribution in [1.82, 2.24) is 14.9 Å². The van der Waals surface area contributed by atoms with Crippen molar-refractivity contribution >= 4 is 40.6 Å². The second kappa shape index (κ2) is 10.6. The number of anilines is 4. The van der Waals surface area contributed by atoms with Crippen LogP contribution in [0.2, 0.25) is 5.02 Å². The number of alkyl halides is 2. The Morgan fingerprint density at radius 1 is 1.26 bits per heavy atom. The van der Waals surface area contributed by atoms with Crippen LogP contribution in [0.3, 0.4) is 0 Å². The quantitative estimate of drug-likeness (QED) is 0.512. The minimum absolute atomic E-state index is 0.0101. The number of hydrogen-bond donors (Lipinski definition) is 3. The Labute approximate surface area is 201 Å². The van der Waals surface area contributed by atoms with Gasteiger partial charge in [-0.15, -0.1) is 0 Å². The molecule has 2 heterocycles. The number of carbonyl (C=O) groups is 1. The molecule has 1 saturated heterocycles. The average molecular weight is 496 g/mol. The fourth-order valence-electron chi connectivity index (χ4n) is 4.37. The van der Waals surface area contributed by atoms with Crippen molar-refractivity contribution in [1.29, 1.82) is 0 Å². The number of benzene rings is 1. The van der Waals surface area contributed by atoms with Crippen molar-refractivity contribution in [3.8, 4) is 5.75 Å². The molecule has 1 aliphatic heterocycles. The lowest BCUT2D eigenvalue weighted by atomic mass is 10.0. The van der Waals surface area contributed by atoms with E-state index in [1.165, 1.54) is 6.20 Å². The number of nitrogens with two attached hydrogens (primary N) is 1. The maximum Gasteiger partial charge on any atom is 0.387 e. The molecule has 0 radical (unpaired) electrons. The number of amides is 1. The van der Waals surface area contributed by atoms with Gasteiger partial charge in [0.2, 0.25) is 11.9 Å². The normalized spacial score (nSPS) is 21.0. The Kier molecular flexibility index (Phi) is 7.52. The molecule has 2 atom stereocenters. The van der Waals surface area contributed by atoms with Gasteiger partial charge < -0.3 is 30.9 Å². The summed E-state index contributed by atoms with van der Waals surface area (Å²) in [6, 6.07) is 4.91. The van der Waals surface area contributed by atoms with Crippen LogP contribution >= 0.6 is 11.6 Å². The standard InChI is InChI=1S/C22H28ClF2N7O2/c1-31-7-9-32(10-8-31)13-5-6-17(18(11-13)34-21(24)25)29-22-27-12-15(23)20(30-22)28-16-4-2-3-14(16)19(26)33/h5-6,11-12,14,16,21H,2-4,7-10H2,1H3,(H2,26,33)(H2,27,28,29,30)/t14-,16+/m0/s1. The number of carbonyl (C=O) groups excluding carboxylic acids is 1. The van der Waals surface area contributed by atoms with Crippen LogP contribution < -0.4 is 26.0 Å². The van der Waals surface area contributed by atoms with E-state index in [2.05, 4.69) is 30.4 Å². The zero-order chi connectivity index (χ0) is 24.2. The van der Waals surface area contributed by atoms with Gasteiger partial charge in [-0.25, -0.2) is 4.98 Å². The summed E-state index contributed by atoms with van der Waals surface area (Å²) in [6.45, 7) is 0.369. The lowest BCUT2D eigenvalue weighted by molar-refractivity contribution is -0.121. The number of primary amides is 1. The van der Waals surface area contributed by atoms with Crippen LogP contribution in [0.5, 0.6) is 5.75 Å². The molecule has 1 aromatic carbocycles. The monoisotopic (exact) mass is 495 g/mol. The molecule has 1 aliphatic carbocycles. The molecule has 184 valence electrons. The van der Waals surface area contributed by atoms with Gasteiger partial charge >= 0.3 is 6.61 Å². The van der Waals surface area contributed by atoms with Crippen LogP contribution in [0.25, 0.3) is 0 Å². The third-order valence-electron chi connectivity index (χ3n) is 6.24. The van der Waals surface area contributed by atoms with Crippen molar-refractivity contribution in [2.45, 2.75) is 31.9 Å². The number of halogens is 3. The summed E-state index contributed by atoms with van der Waals surface area (Å²) >= 11 is 6.26. The highest BCUT2D eigenvalue weighted by atomic mass is 35.5. The number of aromatic nitrogens is 2. The van der Waals surface area contributed by atoms with Gasteiger partial charge in [-0.05, 0) is 32.0 Å². The summed E-state index contributed by atoms with van der Waals surface area (Å²) in [5.74, 6) is -0.206. The number of nitrogens with zero attached hydrogens (tertiary/aromatic N) is 4. The minimum atomic E-state index is -2.99. The molecule has 2 fully saturated rings. The molecular formula is C22H28ClF2N7O2. The zero-order valence-electron chi connectivity index (χ0n) is 18.8. The number of piperazine rings is 1. The fourth-order valence-corrected chi connectivity index (χ4v) is 4.51. The highest BCUT2D eigenvalue weighted by molar-refractivity contribution is 6.32. The molecule has 9 nitrogen and oxygen atoms in total. The van der Waals surface area contributed by atoms with Crippen molar-refractivity contribution < 1.29 is 18.3 Å². The van der Waals surface area contributed by atoms with Gasteiger partial charge in [0.25, 0.3) is 0 Å². The van der Waals surface area contributed by atoms with Crippen LogP contribution in [0.15, 0.2) is 24.4 Å². The predicted molar refractivity (Wildman–Crippen MR) is 127 cm³/mol. The Morgan fingerprint density at radius 2 is 2.03 bits per heavy atom. The third-order valence-corrected chi connectivity index (χ3v) is 6.52. The van der Waals surface area contributed by atoms with Gasteiger partial charge in [0, 0.05) is 44.0 Å². The van der Waals surface area contributed by atoms with Gasteiger partial charge in [-0.1, -0.05) is 18.0 Å². The van der Waals surface area contributed by atoms with Crippen LogP contribution in [0, 0.1) is 5.92 Å². The first-order valence-electron chi connectivity index (χ1n) is 11.2. The minimum Gasteiger partial charge on any atom is -0.433 e.